The van der Waals surface area contributed by atoms with Gasteiger partial charge in [0.05, 0.1) is 17.1 Å². The Morgan fingerprint density at radius 3 is 2.17 bits per heavy atom. The molecule has 7 heteroatoms. The SMILES string of the molecule is C#C[Si](C)(C)C.C[C@H]1C[C@@H](c2nc3ccc(-c4ccc(C#C[Si](C)(C)C)cc4)cc3[nH]2)N(C(=O)OC(C)(C)C)C1. The van der Waals surface area contributed by atoms with E-state index in [0.29, 0.717) is 12.5 Å². The normalized spacial score (nSPS) is 17.4. The van der Waals surface area contributed by atoms with E-state index >= 15 is 0 Å². The summed E-state index contributed by atoms with van der Waals surface area (Å²) < 4.78 is 5.66. The number of amides is 1. The van der Waals surface area contributed by atoms with Gasteiger partial charge in [-0.25, -0.2) is 9.78 Å². The second-order valence-corrected chi connectivity index (χ2v) is 23.4. The minimum Gasteiger partial charge on any atom is -0.444 e. The standard InChI is InChI=1S/C28H35N3O2Si.C5H10Si/c1-19-16-25(31(18-19)27(32)33-28(2,3)4)26-29-23-13-12-22(17-24(23)30-26)21-10-8-20(9-11-21)14-15-34(5,6)7;1-5-6(2,3)4/h8-13,17,19,25H,16,18H2,1-7H3,(H,29,30);1H,2-4H3/t19-,25-;/m0./s1. The van der Waals surface area contributed by atoms with Crippen molar-refractivity contribution in [2.75, 3.05) is 6.54 Å². The molecule has 0 bridgehead atoms. The van der Waals surface area contributed by atoms with Gasteiger partial charge in [0.15, 0.2) is 0 Å². The summed E-state index contributed by atoms with van der Waals surface area (Å²) in [6.07, 6.45) is 5.71. The number of likely N-dealkylation sites (tertiary alicyclic amines) is 1. The topological polar surface area (TPSA) is 58.2 Å². The fourth-order valence-corrected chi connectivity index (χ4v) is 4.72. The van der Waals surface area contributed by atoms with E-state index in [1.165, 1.54) is 0 Å². The lowest BCUT2D eigenvalue weighted by atomic mass is 10.0. The maximum atomic E-state index is 12.8. The van der Waals surface area contributed by atoms with Gasteiger partial charge < -0.3 is 9.72 Å². The molecule has 0 spiro atoms. The number of aromatic nitrogens is 2. The molecular formula is C33H45N3O2Si2. The summed E-state index contributed by atoms with van der Waals surface area (Å²) in [4.78, 5) is 23.0. The van der Waals surface area contributed by atoms with E-state index in [9.17, 15) is 4.79 Å². The van der Waals surface area contributed by atoms with Crippen molar-refractivity contribution in [1.82, 2.24) is 14.9 Å². The number of rotatable bonds is 2. The highest BCUT2D eigenvalue weighted by atomic mass is 28.3. The zero-order valence-electron chi connectivity index (χ0n) is 25.9. The van der Waals surface area contributed by atoms with Gasteiger partial charge in [-0.15, -0.1) is 17.5 Å². The molecule has 3 aromatic rings. The Morgan fingerprint density at radius 2 is 1.62 bits per heavy atom. The fourth-order valence-electron chi connectivity index (χ4n) is 4.20. The summed E-state index contributed by atoms with van der Waals surface area (Å²) in [5, 5.41) is 0. The van der Waals surface area contributed by atoms with E-state index in [2.05, 4.69) is 105 Å². The number of aromatic amines is 1. The Hall–Kier alpha value is -3.27. The predicted octanol–water partition coefficient (Wildman–Crippen LogP) is 8.27. The maximum absolute atomic E-state index is 12.8. The molecule has 1 aliphatic heterocycles. The van der Waals surface area contributed by atoms with Crippen LogP contribution in [0.4, 0.5) is 4.79 Å². The van der Waals surface area contributed by atoms with Crippen molar-refractivity contribution in [3.63, 3.8) is 0 Å². The Kier molecular flexibility index (Phi) is 9.44. The first-order chi connectivity index (χ1) is 18.4. The van der Waals surface area contributed by atoms with Crippen LogP contribution in [0.1, 0.15) is 51.5 Å². The molecule has 0 saturated carbocycles. The van der Waals surface area contributed by atoms with Crippen LogP contribution in [0.25, 0.3) is 22.2 Å². The largest absolute Gasteiger partial charge is 0.444 e. The minimum atomic E-state index is -1.39. The lowest BCUT2D eigenvalue weighted by molar-refractivity contribution is 0.0215. The average molecular weight is 572 g/mol. The summed E-state index contributed by atoms with van der Waals surface area (Å²) in [5.41, 5.74) is 10.8. The van der Waals surface area contributed by atoms with Crippen molar-refractivity contribution in [1.29, 1.82) is 0 Å². The summed E-state index contributed by atoms with van der Waals surface area (Å²) >= 11 is 0. The van der Waals surface area contributed by atoms with Crippen LogP contribution in [-0.4, -0.2) is 49.3 Å². The highest BCUT2D eigenvalue weighted by molar-refractivity contribution is 6.84. The maximum Gasteiger partial charge on any atom is 0.410 e. The van der Waals surface area contributed by atoms with E-state index in [1.54, 1.807) is 0 Å². The molecule has 1 saturated heterocycles. The van der Waals surface area contributed by atoms with Crippen LogP contribution in [0.5, 0.6) is 0 Å². The van der Waals surface area contributed by atoms with Gasteiger partial charge in [-0.05, 0) is 68.5 Å². The van der Waals surface area contributed by atoms with Gasteiger partial charge in [0.1, 0.15) is 27.6 Å². The first-order valence-corrected chi connectivity index (χ1v) is 21.0. The smallest absolute Gasteiger partial charge is 0.410 e. The number of carbonyl (C=O) groups is 1. The van der Waals surface area contributed by atoms with Crippen LogP contribution in [0.3, 0.4) is 0 Å². The van der Waals surface area contributed by atoms with E-state index in [4.69, 9.17) is 16.1 Å². The molecule has 2 heterocycles. The Balaban J connectivity index is 0.000000663. The van der Waals surface area contributed by atoms with Gasteiger partial charge in [-0.3, -0.25) is 4.90 Å². The van der Waals surface area contributed by atoms with Crippen molar-refractivity contribution >= 4 is 33.3 Å². The molecule has 1 amide bonds. The van der Waals surface area contributed by atoms with E-state index in [-0.39, 0.29) is 12.1 Å². The molecule has 0 radical (unpaired) electrons. The lowest BCUT2D eigenvalue weighted by Gasteiger charge is -2.27. The van der Waals surface area contributed by atoms with Gasteiger partial charge in [0, 0.05) is 12.1 Å². The number of hydrogen-bond donors (Lipinski definition) is 1. The van der Waals surface area contributed by atoms with Gasteiger partial charge in [0.2, 0.25) is 0 Å². The molecular weight excluding hydrogens is 527 g/mol. The summed E-state index contributed by atoms with van der Waals surface area (Å²) in [7, 11) is -2.49. The fraction of sp³-hybridized carbons (Fsp3) is 0.455. The van der Waals surface area contributed by atoms with Crippen molar-refractivity contribution < 1.29 is 9.53 Å². The Morgan fingerprint density at radius 1 is 1.02 bits per heavy atom. The first kappa shape index (κ1) is 31.3. The van der Waals surface area contributed by atoms with Crippen LogP contribution >= 0.6 is 0 Å². The average Bonchev–Trinajstić information content (AvgIpc) is 3.44. The van der Waals surface area contributed by atoms with Gasteiger partial charge in [-0.2, -0.15) is 0 Å². The number of benzene rings is 2. The molecule has 1 aromatic heterocycles. The van der Waals surface area contributed by atoms with Crippen molar-refractivity contribution in [2.24, 2.45) is 5.92 Å². The molecule has 1 fully saturated rings. The summed E-state index contributed by atoms with van der Waals surface area (Å²) in [5.74, 6) is 4.52. The lowest BCUT2D eigenvalue weighted by Crippen LogP contribution is -2.37. The highest BCUT2D eigenvalue weighted by Gasteiger charge is 2.38. The molecule has 0 unspecified atom stereocenters. The van der Waals surface area contributed by atoms with Crippen LogP contribution in [0.2, 0.25) is 39.3 Å². The van der Waals surface area contributed by atoms with Crippen LogP contribution in [0.15, 0.2) is 42.5 Å². The molecule has 212 valence electrons. The number of nitrogens with one attached hydrogen (secondary N) is 1. The third-order valence-corrected chi connectivity index (χ3v) is 7.93. The van der Waals surface area contributed by atoms with Gasteiger partial charge in [-0.1, -0.05) is 70.3 Å². The predicted molar refractivity (Wildman–Crippen MR) is 173 cm³/mol. The number of fused-ring (bicyclic) bond motifs is 1. The zero-order chi connectivity index (χ0) is 29.9. The van der Waals surface area contributed by atoms with Crippen molar-refractivity contribution in [2.45, 2.75) is 85.0 Å². The van der Waals surface area contributed by atoms with Gasteiger partial charge in [0.25, 0.3) is 0 Å². The second-order valence-electron chi connectivity index (χ2n) is 13.8. The number of nitrogens with zero attached hydrogens (tertiary/aromatic N) is 2. The van der Waals surface area contributed by atoms with Crippen LogP contribution in [0, 0.1) is 29.3 Å². The molecule has 5 nitrogen and oxygen atoms in total. The number of hydrogen-bond acceptors (Lipinski definition) is 3. The van der Waals surface area contributed by atoms with Crippen molar-refractivity contribution in [3.05, 3.63) is 53.9 Å². The van der Waals surface area contributed by atoms with E-state index in [1.807, 2.05) is 31.7 Å². The van der Waals surface area contributed by atoms with Crippen molar-refractivity contribution in [3.8, 4) is 34.6 Å². The van der Waals surface area contributed by atoms with E-state index in [0.717, 1.165) is 40.0 Å². The third-order valence-electron chi connectivity index (χ3n) is 6.19. The minimum absolute atomic E-state index is 0.107. The van der Waals surface area contributed by atoms with Crippen LogP contribution < -0.4 is 0 Å². The molecule has 40 heavy (non-hydrogen) atoms. The molecule has 2 aromatic carbocycles. The summed E-state index contributed by atoms with van der Waals surface area (Å²) in [6, 6.07) is 14.6. The molecule has 1 N–H and O–H groups in total. The highest BCUT2D eigenvalue weighted by Crippen LogP contribution is 2.36. The first-order valence-electron chi connectivity index (χ1n) is 14.0. The second kappa shape index (κ2) is 12.1. The number of carbonyl (C=O) groups excluding carboxylic acids is 1. The van der Waals surface area contributed by atoms with E-state index < -0.39 is 21.7 Å². The van der Waals surface area contributed by atoms with Gasteiger partial charge >= 0.3 is 6.09 Å². The quantitative estimate of drug-likeness (QED) is 0.249. The summed E-state index contributed by atoms with van der Waals surface area (Å²) in [6.45, 7) is 21.7. The Labute approximate surface area is 243 Å². The zero-order valence-corrected chi connectivity index (χ0v) is 27.9. The molecule has 2 atom stereocenters. The Bertz CT molecular complexity index is 1440. The number of H-pyrrole nitrogens is 1. The monoisotopic (exact) mass is 571 g/mol. The molecule has 0 aliphatic carbocycles. The molecule has 1 aliphatic rings. The number of ether oxygens (including phenoxy) is 1. The molecule has 4 rings (SSSR count). The number of imidazole rings is 1. The van der Waals surface area contributed by atoms with Crippen LogP contribution in [-0.2, 0) is 4.74 Å². The third kappa shape index (κ3) is 9.15. The number of terminal acetylenes is 1.